The fraction of sp³-hybridized carbons (Fsp3) is 0.455. The molecule has 0 heterocycles. The smallest absolute Gasteiger partial charge is 0.363 e. The largest absolute Gasteiger partial charge is 0.405 e. The molecule has 0 radical (unpaired) electrons. The quantitative estimate of drug-likeness (QED) is 0.760. The Morgan fingerprint density at radius 2 is 1.75 bits per heavy atom. The molecule has 0 aromatic heterocycles. The topological polar surface area (TPSA) is 3.24 Å². The van der Waals surface area contributed by atoms with Crippen molar-refractivity contribution >= 4 is 21.6 Å². The summed E-state index contributed by atoms with van der Waals surface area (Å²) in [6.07, 6.45) is -4.16. The predicted octanol–water partition coefficient (Wildman–Crippen LogP) is 3.97. The molecule has 0 amide bonds. The fourth-order valence-electron chi connectivity index (χ4n) is 1.40. The summed E-state index contributed by atoms with van der Waals surface area (Å²) in [6, 6.07) is 7.07. The molecule has 0 bridgehead atoms. The summed E-state index contributed by atoms with van der Waals surface area (Å²) in [7, 11) is 0. The maximum absolute atomic E-state index is 12.3. The lowest BCUT2D eigenvalue weighted by atomic mass is 10.2. The highest BCUT2D eigenvalue weighted by atomic mass is 79.9. The molecule has 16 heavy (non-hydrogen) atoms. The molecule has 5 heteroatoms. The Morgan fingerprint density at radius 1 is 1.19 bits per heavy atom. The molecule has 1 aromatic rings. The second kappa shape index (κ2) is 5.57. The van der Waals surface area contributed by atoms with Gasteiger partial charge in [-0.25, -0.2) is 0 Å². The van der Waals surface area contributed by atoms with E-state index in [1.165, 1.54) is 4.90 Å². The first-order chi connectivity index (χ1) is 7.46. The monoisotopic (exact) mass is 295 g/mol. The third-order valence-electron chi connectivity index (χ3n) is 2.21. The zero-order chi connectivity index (χ0) is 12.2. The molecular weight excluding hydrogens is 283 g/mol. The van der Waals surface area contributed by atoms with Crippen molar-refractivity contribution in [1.29, 1.82) is 0 Å². The van der Waals surface area contributed by atoms with E-state index >= 15 is 0 Å². The summed E-state index contributed by atoms with van der Waals surface area (Å²) in [5.74, 6) is 0. The molecule has 1 nitrogen and oxygen atoms in total. The van der Waals surface area contributed by atoms with Crippen LogP contribution in [0, 0.1) is 0 Å². The second-order valence-electron chi connectivity index (χ2n) is 3.43. The Morgan fingerprint density at radius 3 is 2.12 bits per heavy atom. The molecule has 0 fully saturated rings. The maximum atomic E-state index is 12.3. The molecular formula is C11H13BrF3N. The number of benzene rings is 1. The van der Waals surface area contributed by atoms with Gasteiger partial charge in [0, 0.05) is 17.6 Å². The lowest BCUT2D eigenvalue weighted by molar-refractivity contribution is -0.119. The Labute approximate surface area is 101 Å². The molecule has 0 saturated heterocycles. The first kappa shape index (κ1) is 13.4. The van der Waals surface area contributed by atoms with Gasteiger partial charge in [-0.1, -0.05) is 28.1 Å². The van der Waals surface area contributed by atoms with Gasteiger partial charge in [0.2, 0.25) is 0 Å². The summed E-state index contributed by atoms with van der Waals surface area (Å²) in [6.45, 7) is 1.15. The molecule has 0 atom stereocenters. The molecule has 90 valence electrons. The highest BCUT2D eigenvalue weighted by molar-refractivity contribution is 9.08. The van der Waals surface area contributed by atoms with Gasteiger partial charge in [-0.05, 0) is 24.6 Å². The van der Waals surface area contributed by atoms with Crippen LogP contribution in [-0.4, -0.2) is 19.3 Å². The van der Waals surface area contributed by atoms with Gasteiger partial charge in [-0.3, -0.25) is 0 Å². The molecule has 1 aromatic carbocycles. The Hall–Kier alpha value is -0.710. The summed E-state index contributed by atoms with van der Waals surface area (Å²) in [5, 5.41) is 0.707. The Kier molecular flexibility index (Phi) is 4.65. The van der Waals surface area contributed by atoms with Gasteiger partial charge in [0.05, 0.1) is 0 Å². The standard InChI is InChI=1S/C11H13BrF3N/c1-2-16(8-11(13,14)15)10-5-3-9(7-12)4-6-10/h3-6H,2,7-8H2,1H3. The number of halogens is 4. The van der Waals surface area contributed by atoms with E-state index in [0.717, 1.165) is 5.56 Å². The molecule has 0 aliphatic rings. The van der Waals surface area contributed by atoms with Crippen LogP contribution in [0.3, 0.4) is 0 Å². The molecule has 0 unspecified atom stereocenters. The Bertz CT molecular complexity index is 321. The zero-order valence-corrected chi connectivity index (χ0v) is 10.5. The van der Waals surface area contributed by atoms with E-state index in [2.05, 4.69) is 15.9 Å². The van der Waals surface area contributed by atoms with Crippen molar-refractivity contribution in [3.63, 3.8) is 0 Å². The van der Waals surface area contributed by atoms with Gasteiger partial charge in [0.15, 0.2) is 0 Å². The van der Waals surface area contributed by atoms with E-state index in [1.807, 2.05) is 12.1 Å². The summed E-state index contributed by atoms with van der Waals surface area (Å²) in [4.78, 5) is 1.30. The summed E-state index contributed by atoms with van der Waals surface area (Å²) < 4.78 is 36.8. The minimum Gasteiger partial charge on any atom is -0.363 e. The number of rotatable bonds is 4. The number of alkyl halides is 4. The highest BCUT2D eigenvalue weighted by Gasteiger charge is 2.30. The molecule has 1 rings (SSSR count). The average molecular weight is 296 g/mol. The van der Waals surface area contributed by atoms with Crippen LogP contribution >= 0.6 is 15.9 Å². The zero-order valence-electron chi connectivity index (χ0n) is 8.89. The van der Waals surface area contributed by atoms with Crippen molar-refractivity contribution in [3.05, 3.63) is 29.8 Å². The molecule has 0 aliphatic carbocycles. The van der Waals surface area contributed by atoms with Crippen LogP contribution in [0.4, 0.5) is 18.9 Å². The SMILES string of the molecule is CCN(CC(F)(F)F)c1ccc(CBr)cc1. The van der Waals surface area contributed by atoms with E-state index in [-0.39, 0.29) is 0 Å². The number of nitrogens with zero attached hydrogens (tertiary/aromatic N) is 1. The van der Waals surface area contributed by atoms with E-state index in [9.17, 15) is 13.2 Å². The first-order valence-electron chi connectivity index (χ1n) is 4.93. The van der Waals surface area contributed by atoms with Gasteiger partial charge in [-0.15, -0.1) is 0 Å². The van der Waals surface area contributed by atoms with Gasteiger partial charge >= 0.3 is 6.18 Å². The minimum atomic E-state index is -4.16. The van der Waals surface area contributed by atoms with Crippen LogP contribution in [-0.2, 0) is 5.33 Å². The Balaban J connectivity index is 2.79. The third-order valence-corrected chi connectivity index (χ3v) is 2.86. The summed E-state index contributed by atoms with van der Waals surface area (Å²) >= 11 is 3.29. The van der Waals surface area contributed by atoms with E-state index < -0.39 is 12.7 Å². The van der Waals surface area contributed by atoms with Gasteiger partial charge in [0.1, 0.15) is 6.54 Å². The highest BCUT2D eigenvalue weighted by Crippen LogP contribution is 2.22. The number of hydrogen-bond acceptors (Lipinski definition) is 1. The normalized spacial score (nSPS) is 11.6. The summed E-state index contributed by atoms with van der Waals surface area (Å²) in [5.41, 5.74) is 1.65. The average Bonchev–Trinajstić information content (AvgIpc) is 2.25. The van der Waals surface area contributed by atoms with Gasteiger partial charge in [0.25, 0.3) is 0 Å². The van der Waals surface area contributed by atoms with Gasteiger partial charge < -0.3 is 4.90 Å². The first-order valence-corrected chi connectivity index (χ1v) is 6.05. The molecule has 0 saturated carbocycles. The molecule has 0 N–H and O–H groups in total. The van der Waals surface area contributed by atoms with Crippen LogP contribution in [0.25, 0.3) is 0 Å². The van der Waals surface area contributed by atoms with Crippen molar-refractivity contribution < 1.29 is 13.2 Å². The van der Waals surface area contributed by atoms with Gasteiger partial charge in [-0.2, -0.15) is 13.2 Å². The van der Waals surface area contributed by atoms with Crippen molar-refractivity contribution in [1.82, 2.24) is 0 Å². The lowest BCUT2D eigenvalue weighted by Gasteiger charge is -2.24. The van der Waals surface area contributed by atoms with Crippen LogP contribution in [0.1, 0.15) is 12.5 Å². The van der Waals surface area contributed by atoms with E-state index in [4.69, 9.17) is 0 Å². The predicted molar refractivity (Wildman–Crippen MR) is 63.0 cm³/mol. The van der Waals surface area contributed by atoms with Crippen LogP contribution in [0.15, 0.2) is 24.3 Å². The molecule has 0 aliphatic heterocycles. The lowest BCUT2D eigenvalue weighted by Crippen LogP contribution is -2.34. The fourth-order valence-corrected chi connectivity index (χ4v) is 1.77. The van der Waals surface area contributed by atoms with Crippen molar-refractivity contribution in [2.75, 3.05) is 18.0 Å². The van der Waals surface area contributed by atoms with E-state index in [1.54, 1.807) is 19.1 Å². The minimum absolute atomic E-state index is 0.340. The second-order valence-corrected chi connectivity index (χ2v) is 3.99. The molecule has 0 spiro atoms. The maximum Gasteiger partial charge on any atom is 0.405 e. The number of hydrogen-bond donors (Lipinski definition) is 0. The van der Waals surface area contributed by atoms with Crippen LogP contribution < -0.4 is 4.90 Å². The van der Waals surface area contributed by atoms with Crippen molar-refractivity contribution in [2.24, 2.45) is 0 Å². The number of anilines is 1. The van der Waals surface area contributed by atoms with Crippen LogP contribution in [0.5, 0.6) is 0 Å². The van der Waals surface area contributed by atoms with Crippen molar-refractivity contribution in [3.8, 4) is 0 Å². The van der Waals surface area contributed by atoms with Crippen molar-refractivity contribution in [2.45, 2.75) is 18.4 Å². The van der Waals surface area contributed by atoms with Crippen LogP contribution in [0.2, 0.25) is 0 Å². The third kappa shape index (κ3) is 4.04. The van der Waals surface area contributed by atoms with E-state index in [0.29, 0.717) is 17.6 Å².